The number of benzene rings is 2. The molecule has 0 aliphatic heterocycles. The highest BCUT2D eigenvalue weighted by Crippen LogP contribution is 2.21. The molecule has 5 heteroatoms. The lowest BCUT2D eigenvalue weighted by molar-refractivity contribution is 0.0784. The number of nitriles is 1. The van der Waals surface area contributed by atoms with Crippen LogP contribution in [0.4, 0.5) is 4.39 Å². The molecule has 1 amide bonds. The molecular formula is C16H12ClFN2O. The van der Waals surface area contributed by atoms with Crippen molar-refractivity contribution in [2.45, 2.75) is 6.54 Å². The van der Waals surface area contributed by atoms with Crippen molar-refractivity contribution >= 4 is 17.5 Å². The number of rotatable bonds is 3. The van der Waals surface area contributed by atoms with Gasteiger partial charge in [-0.25, -0.2) is 4.39 Å². The molecule has 0 unspecified atom stereocenters. The second kappa shape index (κ2) is 6.38. The number of carbonyl (C=O) groups excluding carboxylic acids is 1. The van der Waals surface area contributed by atoms with Crippen LogP contribution in [0.3, 0.4) is 0 Å². The van der Waals surface area contributed by atoms with Crippen molar-refractivity contribution in [1.82, 2.24) is 4.90 Å². The van der Waals surface area contributed by atoms with Gasteiger partial charge in [0.2, 0.25) is 0 Å². The summed E-state index contributed by atoms with van der Waals surface area (Å²) in [5.74, 6) is -0.751. The number of nitrogens with zero attached hydrogens (tertiary/aromatic N) is 2. The monoisotopic (exact) mass is 302 g/mol. The topological polar surface area (TPSA) is 44.1 Å². The first-order valence-electron chi connectivity index (χ1n) is 6.21. The molecule has 0 radical (unpaired) electrons. The summed E-state index contributed by atoms with van der Waals surface area (Å²) in [5, 5.41) is 9.13. The largest absolute Gasteiger partial charge is 0.337 e. The smallest absolute Gasteiger partial charge is 0.253 e. The number of halogens is 2. The molecule has 0 atom stereocenters. The van der Waals surface area contributed by atoms with Gasteiger partial charge in [-0.3, -0.25) is 4.79 Å². The quantitative estimate of drug-likeness (QED) is 0.869. The van der Waals surface area contributed by atoms with Crippen LogP contribution < -0.4 is 0 Å². The van der Waals surface area contributed by atoms with Crippen molar-refractivity contribution in [3.63, 3.8) is 0 Å². The molecule has 0 saturated heterocycles. The Labute approximate surface area is 127 Å². The lowest BCUT2D eigenvalue weighted by atomic mass is 10.1. The zero-order valence-corrected chi connectivity index (χ0v) is 12.1. The Morgan fingerprint density at radius 3 is 2.71 bits per heavy atom. The van der Waals surface area contributed by atoms with Crippen molar-refractivity contribution in [3.05, 3.63) is 70.0 Å². The van der Waals surface area contributed by atoms with Crippen LogP contribution in [0.2, 0.25) is 5.02 Å². The van der Waals surface area contributed by atoms with Gasteiger partial charge in [-0.1, -0.05) is 23.7 Å². The number of carbonyl (C=O) groups is 1. The molecule has 0 N–H and O–H groups in total. The molecule has 3 nitrogen and oxygen atoms in total. The Morgan fingerprint density at radius 1 is 1.33 bits per heavy atom. The minimum atomic E-state index is -0.451. The van der Waals surface area contributed by atoms with Crippen LogP contribution >= 0.6 is 11.6 Å². The van der Waals surface area contributed by atoms with Gasteiger partial charge in [-0.2, -0.15) is 5.26 Å². The summed E-state index contributed by atoms with van der Waals surface area (Å²) in [6.07, 6.45) is 0. The summed E-state index contributed by atoms with van der Waals surface area (Å²) in [5.41, 5.74) is 1.05. The van der Waals surface area contributed by atoms with Crippen LogP contribution in [0, 0.1) is 17.1 Å². The fraction of sp³-hybridized carbons (Fsp3) is 0.125. The third-order valence-corrected chi connectivity index (χ3v) is 3.40. The standard InChI is InChI=1S/C16H12ClFN2O/c1-20(10-13-14(17)6-3-7-15(13)18)16(21)12-5-2-4-11(8-12)9-19/h2-8H,10H2,1H3. The van der Waals surface area contributed by atoms with E-state index in [2.05, 4.69) is 0 Å². The van der Waals surface area contributed by atoms with Crippen molar-refractivity contribution in [3.8, 4) is 6.07 Å². The molecule has 0 heterocycles. The maximum atomic E-state index is 13.7. The molecule has 2 rings (SSSR count). The van der Waals surface area contributed by atoms with Gasteiger partial charge in [0.25, 0.3) is 5.91 Å². The summed E-state index contributed by atoms with van der Waals surface area (Å²) in [7, 11) is 1.56. The van der Waals surface area contributed by atoms with E-state index in [0.717, 1.165) is 0 Å². The zero-order chi connectivity index (χ0) is 15.4. The average Bonchev–Trinajstić information content (AvgIpc) is 2.50. The van der Waals surface area contributed by atoms with Crippen LogP contribution in [0.1, 0.15) is 21.5 Å². The molecule has 0 aliphatic rings. The van der Waals surface area contributed by atoms with E-state index in [1.807, 2.05) is 6.07 Å². The van der Waals surface area contributed by atoms with E-state index in [9.17, 15) is 9.18 Å². The molecule has 0 aromatic heterocycles. The number of hydrogen-bond donors (Lipinski definition) is 0. The molecule has 2 aromatic carbocycles. The Kier molecular flexibility index (Phi) is 4.56. The molecule has 0 saturated carbocycles. The lowest BCUT2D eigenvalue weighted by Crippen LogP contribution is -2.26. The highest BCUT2D eigenvalue weighted by atomic mass is 35.5. The van der Waals surface area contributed by atoms with E-state index >= 15 is 0 Å². The predicted molar refractivity (Wildman–Crippen MR) is 78.4 cm³/mol. The van der Waals surface area contributed by atoms with Gasteiger partial charge in [0.05, 0.1) is 11.6 Å². The maximum absolute atomic E-state index is 13.7. The average molecular weight is 303 g/mol. The fourth-order valence-electron chi connectivity index (χ4n) is 1.93. The van der Waals surface area contributed by atoms with Gasteiger partial charge in [0.15, 0.2) is 0 Å². The second-order valence-corrected chi connectivity index (χ2v) is 4.96. The van der Waals surface area contributed by atoms with Crippen LogP contribution in [0.25, 0.3) is 0 Å². The maximum Gasteiger partial charge on any atom is 0.253 e. The summed E-state index contributed by atoms with van der Waals surface area (Å²) in [6.45, 7) is 0.0567. The number of amides is 1. The van der Waals surface area contributed by atoms with Gasteiger partial charge in [-0.15, -0.1) is 0 Å². The lowest BCUT2D eigenvalue weighted by Gasteiger charge is -2.18. The first kappa shape index (κ1) is 15.0. The van der Waals surface area contributed by atoms with Crippen LogP contribution in [0.15, 0.2) is 42.5 Å². The summed E-state index contributed by atoms with van der Waals surface area (Å²) < 4.78 is 13.7. The van der Waals surface area contributed by atoms with Crippen molar-refractivity contribution in [1.29, 1.82) is 5.26 Å². The Hall–Kier alpha value is -2.38. The molecule has 21 heavy (non-hydrogen) atoms. The molecule has 0 aliphatic carbocycles. The Bertz CT molecular complexity index is 704. The summed E-state index contributed by atoms with van der Waals surface area (Å²) in [4.78, 5) is 13.7. The highest BCUT2D eigenvalue weighted by molar-refractivity contribution is 6.31. The minimum Gasteiger partial charge on any atom is -0.337 e. The molecular weight excluding hydrogens is 291 g/mol. The van der Waals surface area contributed by atoms with Crippen molar-refractivity contribution in [2.75, 3.05) is 7.05 Å². The zero-order valence-electron chi connectivity index (χ0n) is 11.3. The van der Waals surface area contributed by atoms with E-state index in [0.29, 0.717) is 11.1 Å². The van der Waals surface area contributed by atoms with Gasteiger partial charge >= 0.3 is 0 Å². The third-order valence-electron chi connectivity index (χ3n) is 3.04. The van der Waals surface area contributed by atoms with E-state index in [1.54, 1.807) is 31.3 Å². The van der Waals surface area contributed by atoms with Crippen molar-refractivity contribution in [2.24, 2.45) is 0 Å². The molecule has 0 bridgehead atoms. The van der Waals surface area contributed by atoms with Crippen LogP contribution in [-0.2, 0) is 6.54 Å². The van der Waals surface area contributed by atoms with Crippen LogP contribution in [-0.4, -0.2) is 17.9 Å². The molecule has 106 valence electrons. The highest BCUT2D eigenvalue weighted by Gasteiger charge is 2.16. The van der Waals surface area contributed by atoms with Gasteiger partial charge in [-0.05, 0) is 30.3 Å². The van der Waals surface area contributed by atoms with E-state index < -0.39 is 5.82 Å². The first-order chi connectivity index (χ1) is 10.0. The summed E-state index contributed by atoms with van der Waals surface area (Å²) in [6, 6.07) is 12.7. The first-order valence-corrected chi connectivity index (χ1v) is 6.59. The Balaban J connectivity index is 2.22. The van der Waals surface area contributed by atoms with Gasteiger partial charge in [0.1, 0.15) is 5.82 Å². The SMILES string of the molecule is CN(Cc1c(F)cccc1Cl)C(=O)c1cccc(C#N)c1. The Morgan fingerprint density at radius 2 is 2.05 bits per heavy atom. The predicted octanol–water partition coefficient (Wildman–Crippen LogP) is 3.62. The normalized spacial score (nSPS) is 10.0. The van der Waals surface area contributed by atoms with Gasteiger partial charge in [0, 0.05) is 29.7 Å². The van der Waals surface area contributed by atoms with Crippen LogP contribution in [0.5, 0.6) is 0 Å². The minimum absolute atomic E-state index is 0.0567. The van der Waals surface area contributed by atoms with E-state index in [-0.39, 0.29) is 23.0 Å². The van der Waals surface area contributed by atoms with E-state index in [4.69, 9.17) is 16.9 Å². The molecule has 0 fully saturated rings. The number of hydrogen-bond acceptors (Lipinski definition) is 2. The molecule has 0 spiro atoms. The fourth-order valence-corrected chi connectivity index (χ4v) is 2.16. The van der Waals surface area contributed by atoms with Crippen molar-refractivity contribution < 1.29 is 9.18 Å². The second-order valence-electron chi connectivity index (χ2n) is 4.55. The summed E-state index contributed by atoms with van der Waals surface area (Å²) >= 11 is 5.95. The van der Waals surface area contributed by atoms with E-state index in [1.165, 1.54) is 23.1 Å². The van der Waals surface area contributed by atoms with Gasteiger partial charge < -0.3 is 4.90 Å². The molecule has 2 aromatic rings. The third kappa shape index (κ3) is 3.39.